The Labute approximate surface area is 127 Å². The van der Waals surface area contributed by atoms with E-state index in [-0.39, 0.29) is 6.04 Å². The summed E-state index contributed by atoms with van der Waals surface area (Å²) in [6.07, 6.45) is 3.71. The molecule has 0 aliphatic carbocycles. The van der Waals surface area contributed by atoms with Gasteiger partial charge < -0.3 is 5.32 Å². The van der Waals surface area contributed by atoms with Crippen molar-refractivity contribution in [3.05, 3.63) is 24.3 Å². The van der Waals surface area contributed by atoms with Gasteiger partial charge in [-0.25, -0.2) is 13.1 Å². The molecule has 1 aliphatic heterocycles. The molecular weight excluding hydrogens is 286 g/mol. The van der Waals surface area contributed by atoms with E-state index in [1.165, 1.54) is 19.3 Å². The van der Waals surface area contributed by atoms with Crippen LogP contribution in [0, 0.1) is 0 Å². The van der Waals surface area contributed by atoms with Gasteiger partial charge in [-0.05, 0) is 57.1 Å². The molecule has 0 spiro atoms. The summed E-state index contributed by atoms with van der Waals surface area (Å²) < 4.78 is 27.3. The average molecular weight is 311 g/mol. The lowest BCUT2D eigenvalue weighted by atomic mass is 10.1. The second-order valence-electron chi connectivity index (χ2n) is 5.57. The van der Waals surface area contributed by atoms with Crippen LogP contribution in [0.3, 0.4) is 0 Å². The maximum Gasteiger partial charge on any atom is 0.240 e. The Morgan fingerprint density at radius 1 is 1.14 bits per heavy atom. The van der Waals surface area contributed by atoms with Gasteiger partial charge in [0.25, 0.3) is 0 Å². The van der Waals surface area contributed by atoms with Crippen LogP contribution in [-0.2, 0) is 10.0 Å². The standard InChI is InChI=1S/C15H25N3O2S/c1-13(18-10-4-3-5-11-18)12-17-21(19,20)15-8-6-14(16-2)7-9-15/h6-9,13,16-17H,3-5,10-12H2,1-2H3. The quantitative estimate of drug-likeness (QED) is 0.842. The van der Waals surface area contributed by atoms with E-state index in [1.54, 1.807) is 24.3 Å². The molecule has 1 aliphatic rings. The van der Waals surface area contributed by atoms with Crippen LogP contribution in [0.5, 0.6) is 0 Å². The number of hydrogen-bond acceptors (Lipinski definition) is 4. The van der Waals surface area contributed by atoms with Crippen molar-refractivity contribution in [1.29, 1.82) is 0 Å². The highest BCUT2D eigenvalue weighted by atomic mass is 32.2. The van der Waals surface area contributed by atoms with E-state index in [0.29, 0.717) is 11.4 Å². The van der Waals surface area contributed by atoms with Crippen molar-refractivity contribution in [3.8, 4) is 0 Å². The molecule has 2 N–H and O–H groups in total. The van der Waals surface area contributed by atoms with E-state index in [0.717, 1.165) is 18.8 Å². The van der Waals surface area contributed by atoms with Gasteiger partial charge in [-0.1, -0.05) is 6.42 Å². The molecule has 0 saturated carbocycles. The van der Waals surface area contributed by atoms with Gasteiger partial charge >= 0.3 is 0 Å². The number of nitrogens with one attached hydrogen (secondary N) is 2. The SMILES string of the molecule is CNc1ccc(S(=O)(=O)NCC(C)N2CCCCC2)cc1. The Kier molecular flexibility index (Phi) is 5.61. The number of nitrogens with zero attached hydrogens (tertiary/aromatic N) is 1. The molecule has 0 amide bonds. The zero-order valence-electron chi connectivity index (χ0n) is 12.8. The normalized spacial score (nSPS) is 18.4. The highest BCUT2D eigenvalue weighted by Gasteiger charge is 2.20. The van der Waals surface area contributed by atoms with Gasteiger partial charge in [-0.2, -0.15) is 0 Å². The second-order valence-corrected chi connectivity index (χ2v) is 7.34. The summed E-state index contributed by atoms with van der Waals surface area (Å²) >= 11 is 0. The fourth-order valence-corrected chi connectivity index (χ4v) is 3.72. The Morgan fingerprint density at radius 3 is 2.33 bits per heavy atom. The summed E-state index contributed by atoms with van der Waals surface area (Å²) in [5.41, 5.74) is 0.899. The van der Waals surface area contributed by atoms with Crippen LogP contribution >= 0.6 is 0 Å². The molecular formula is C15H25N3O2S. The van der Waals surface area contributed by atoms with Crippen LogP contribution in [0.1, 0.15) is 26.2 Å². The van der Waals surface area contributed by atoms with Crippen LogP contribution in [0.25, 0.3) is 0 Å². The molecule has 118 valence electrons. The molecule has 0 radical (unpaired) electrons. The number of piperidine rings is 1. The predicted octanol–water partition coefficient (Wildman–Crippen LogP) is 1.88. The van der Waals surface area contributed by atoms with E-state index in [9.17, 15) is 8.42 Å². The van der Waals surface area contributed by atoms with Crippen molar-refractivity contribution < 1.29 is 8.42 Å². The molecule has 6 heteroatoms. The largest absolute Gasteiger partial charge is 0.388 e. The number of anilines is 1. The minimum Gasteiger partial charge on any atom is -0.388 e. The third kappa shape index (κ3) is 4.43. The van der Waals surface area contributed by atoms with Crippen LogP contribution in [0.2, 0.25) is 0 Å². The lowest BCUT2D eigenvalue weighted by Crippen LogP contribution is -2.44. The molecule has 0 bridgehead atoms. The van der Waals surface area contributed by atoms with E-state index in [4.69, 9.17) is 0 Å². The van der Waals surface area contributed by atoms with Gasteiger partial charge in [-0.3, -0.25) is 4.90 Å². The Hall–Kier alpha value is -1.11. The number of rotatable bonds is 6. The summed E-state index contributed by atoms with van der Waals surface area (Å²) in [7, 11) is -1.62. The lowest BCUT2D eigenvalue weighted by Gasteiger charge is -2.32. The van der Waals surface area contributed by atoms with Gasteiger partial charge in [0, 0.05) is 25.3 Å². The number of sulfonamides is 1. The van der Waals surface area contributed by atoms with Crippen molar-refractivity contribution in [1.82, 2.24) is 9.62 Å². The summed E-state index contributed by atoms with van der Waals surface area (Å²) in [6, 6.07) is 7.02. The van der Waals surface area contributed by atoms with Crippen molar-refractivity contribution in [3.63, 3.8) is 0 Å². The maximum atomic E-state index is 12.3. The van der Waals surface area contributed by atoms with Gasteiger partial charge in [0.1, 0.15) is 0 Å². The second kappa shape index (κ2) is 7.24. The third-order valence-corrected chi connectivity index (χ3v) is 5.48. The topological polar surface area (TPSA) is 61.4 Å². The average Bonchev–Trinajstić information content (AvgIpc) is 2.53. The number of hydrogen-bond donors (Lipinski definition) is 2. The van der Waals surface area contributed by atoms with Gasteiger partial charge in [0.15, 0.2) is 0 Å². The molecule has 5 nitrogen and oxygen atoms in total. The van der Waals surface area contributed by atoms with Gasteiger partial charge in [0.05, 0.1) is 4.90 Å². The monoisotopic (exact) mass is 311 g/mol. The summed E-state index contributed by atoms with van der Waals surface area (Å²) in [5, 5.41) is 2.98. The molecule has 1 unspecified atom stereocenters. The molecule has 1 heterocycles. The molecule has 1 aromatic rings. The predicted molar refractivity (Wildman–Crippen MR) is 86.1 cm³/mol. The van der Waals surface area contributed by atoms with E-state index in [2.05, 4.69) is 21.9 Å². The first-order chi connectivity index (χ1) is 10.0. The van der Waals surface area contributed by atoms with E-state index >= 15 is 0 Å². The first-order valence-electron chi connectivity index (χ1n) is 7.54. The molecule has 1 atom stereocenters. The van der Waals surface area contributed by atoms with Gasteiger partial charge in [-0.15, -0.1) is 0 Å². The maximum absolute atomic E-state index is 12.3. The fourth-order valence-electron chi connectivity index (χ4n) is 2.60. The van der Waals surface area contributed by atoms with Crippen LogP contribution in [-0.4, -0.2) is 46.0 Å². The van der Waals surface area contributed by atoms with Crippen molar-refractivity contribution >= 4 is 15.7 Å². The van der Waals surface area contributed by atoms with Gasteiger partial charge in [0.2, 0.25) is 10.0 Å². The molecule has 1 aromatic carbocycles. The minimum atomic E-state index is -3.42. The Bertz CT molecular complexity index is 537. The molecule has 21 heavy (non-hydrogen) atoms. The Morgan fingerprint density at radius 2 is 1.76 bits per heavy atom. The van der Waals surface area contributed by atoms with Crippen molar-refractivity contribution in [2.75, 3.05) is 32.0 Å². The summed E-state index contributed by atoms with van der Waals surface area (Å²) in [5.74, 6) is 0. The first-order valence-corrected chi connectivity index (χ1v) is 9.03. The highest BCUT2D eigenvalue weighted by molar-refractivity contribution is 7.89. The number of benzene rings is 1. The zero-order valence-corrected chi connectivity index (χ0v) is 13.6. The van der Waals surface area contributed by atoms with Crippen LogP contribution in [0.15, 0.2) is 29.2 Å². The summed E-state index contributed by atoms with van der Waals surface area (Å²) in [4.78, 5) is 2.67. The van der Waals surface area contributed by atoms with Crippen LogP contribution in [0.4, 0.5) is 5.69 Å². The van der Waals surface area contributed by atoms with Crippen LogP contribution < -0.4 is 10.0 Å². The first kappa shape index (κ1) is 16.3. The van der Waals surface area contributed by atoms with Crippen molar-refractivity contribution in [2.24, 2.45) is 0 Å². The van der Waals surface area contributed by atoms with E-state index in [1.807, 2.05) is 7.05 Å². The highest BCUT2D eigenvalue weighted by Crippen LogP contribution is 2.15. The molecule has 2 rings (SSSR count). The van der Waals surface area contributed by atoms with Crippen molar-refractivity contribution in [2.45, 2.75) is 37.1 Å². The van der Waals surface area contributed by atoms with E-state index < -0.39 is 10.0 Å². The molecule has 1 fully saturated rings. The minimum absolute atomic E-state index is 0.233. The smallest absolute Gasteiger partial charge is 0.240 e. The Balaban J connectivity index is 1.93. The fraction of sp³-hybridized carbons (Fsp3) is 0.600. The third-order valence-electron chi connectivity index (χ3n) is 4.04. The summed E-state index contributed by atoms with van der Waals surface area (Å²) in [6.45, 7) is 4.67. The zero-order chi connectivity index (χ0) is 15.3. The number of likely N-dealkylation sites (tertiary alicyclic amines) is 1. The molecule has 1 saturated heterocycles. The lowest BCUT2D eigenvalue weighted by molar-refractivity contribution is 0.175. The molecule has 0 aromatic heterocycles.